The summed E-state index contributed by atoms with van der Waals surface area (Å²) in [5, 5.41) is 28.5. The molecular weight excluding hydrogens is 374 g/mol. The molecule has 122 valence electrons. The third-order valence-electron chi connectivity index (χ3n) is 4.15. The van der Waals surface area contributed by atoms with Gasteiger partial charge in [-0.3, -0.25) is 4.79 Å². The number of rotatable bonds is 4. The van der Waals surface area contributed by atoms with E-state index >= 15 is 0 Å². The summed E-state index contributed by atoms with van der Waals surface area (Å²) in [5.74, 6) is -0.0532. The summed E-state index contributed by atoms with van der Waals surface area (Å²) >= 11 is 3.44. The molecule has 2 aromatic heterocycles. The maximum atomic E-state index is 12.9. The standard InChI is InChI=1S/C17H14BrN3O3/c18-10-5-4-9-11(8-19-6-7-22)20-21-12-2-1-3-13(23)15(12)17(24)14(10)16(9)21/h1-5,19,22-23H,6-8H2. The Morgan fingerprint density at radius 1 is 1.21 bits per heavy atom. The number of halogens is 1. The average molecular weight is 388 g/mol. The fourth-order valence-electron chi connectivity index (χ4n) is 3.11. The number of phenols is 1. The Morgan fingerprint density at radius 3 is 2.83 bits per heavy atom. The van der Waals surface area contributed by atoms with E-state index in [0.717, 1.165) is 16.6 Å². The minimum Gasteiger partial charge on any atom is -0.507 e. The lowest BCUT2D eigenvalue weighted by atomic mass is 10.1. The second-order valence-electron chi connectivity index (χ2n) is 5.58. The summed E-state index contributed by atoms with van der Waals surface area (Å²) in [6.07, 6.45) is 0. The van der Waals surface area contributed by atoms with Crippen molar-refractivity contribution >= 4 is 43.1 Å². The molecule has 0 amide bonds. The number of aromatic hydroxyl groups is 1. The van der Waals surface area contributed by atoms with Gasteiger partial charge in [0.15, 0.2) is 0 Å². The van der Waals surface area contributed by atoms with Crippen LogP contribution in [0, 0.1) is 0 Å². The van der Waals surface area contributed by atoms with Gasteiger partial charge in [-0.2, -0.15) is 5.10 Å². The highest BCUT2D eigenvalue weighted by Crippen LogP contribution is 2.32. The quantitative estimate of drug-likeness (QED) is 0.368. The fourth-order valence-corrected chi connectivity index (χ4v) is 3.61. The lowest BCUT2D eigenvalue weighted by molar-refractivity contribution is 0.291. The number of nitrogens with zero attached hydrogens (tertiary/aromatic N) is 2. The summed E-state index contributed by atoms with van der Waals surface area (Å²) in [7, 11) is 0. The number of aliphatic hydroxyl groups is 1. The highest BCUT2D eigenvalue weighted by molar-refractivity contribution is 9.10. The molecule has 0 saturated carbocycles. The first kappa shape index (κ1) is 15.3. The predicted octanol–water partition coefficient (Wildman–Crippen LogP) is 1.99. The fraction of sp³-hybridized carbons (Fsp3) is 0.176. The first-order valence-electron chi connectivity index (χ1n) is 7.52. The van der Waals surface area contributed by atoms with Crippen molar-refractivity contribution in [3.63, 3.8) is 0 Å². The van der Waals surface area contributed by atoms with Crippen LogP contribution in [-0.4, -0.2) is 33.0 Å². The van der Waals surface area contributed by atoms with Gasteiger partial charge in [-0.25, -0.2) is 4.52 Å². The molecule has 4 rings (SSSR count). The lowest BCUT2D eigenvalue weighted by Gasteiger charge is -2.06. The molecule has 3 N–H and O–H groups in total. The summed E-state index contributed by atoms with van der Waals surface area (Å²) in [4.78, 5) is 12.9. The highest BCUT2D eigenvalue weighted by atomic mass is 79.9. The number of fused-ring (bicyclic) bond motifs is 2. The Hall–Kier alpha value is -2.22. The van der Waals surface area contributed by atoms with E-state index in [9.17, 15) is 9.90 Å². The van der Waals surface area contributed by atoms with Gasteiger partial charge in [0, 0.05) is 22.9 Å². The maximum Gasteiger partial charge on any atom is 0.202 e. The molecule has 0 bridgehead atoms. The van der Waals surface area contributed by atoms with Crippen molar-refractivity contribution in [2.45, 2.75) is 6.54 Å². The summed E-state index contributed by atoms with van der Waals surface area (Å²) in [5.41, 5.74) is 1.87. The van der Waals surface area contributed by atoms with Gasteiger partial charge < -0.3 is 15.5 Å². The first-order chi connectivity index (χ1) is 11.6. The molecule has 0 unspecified atom stereocenters. The Morgan fingerprint density at radius 2 is 2.04 bits per heavy atom. The van der Waals surface area contributed by atoms with E-state index < -0.39 is 0 Å². The van der Waals surface area contributed by atoms with Crippen LogP contribution in [0.3, 0.4) is 0 Å². The molecular formula is C17H14BrN3O3. The van der Waals surface area contributed by atoms with Gasteiger partial charge in [-0.1, -0.05) is 6.07 Å². The molecule has 2 aromatic carbocycles. The lowest BCUT2D eigenvalue weighted by Crippen LogP contribution is -2.17. The number of hydrogen-bond acceptors (Lipinski definition) is 5. The van der Waals surface area contributed by atoms with Crippen molar-refractivity contribution in [2.24, 2.45) is 0 Å². The Balaban J connectivity index is 2.15. The summed E-state index contributed by atoms with van der Waals surface area (Å²) in [6, 6.07) is 8.71. The number of benzene rings is 2. The third-order valence-corrected chi connectivity index (χ3v) is 4.82. The molecule has 0 radical (unpaired) electrons. The zero-order valence-corrected chi connectivity index (χ0v) is 14.2. The molecule has 7 heteroatoms. The van der Waals surface area contributed by atoms with E-state index in [1.807, 2.05) is 12.1 Å². The van der Waals surface area contributed by atoms with Crippen LogP contribution in [0.25, 0.3) is 27.2 Å². The van der Waals surface area contributed by atoms with Crippen LogP contribution in [-0.2, 0) is 6.54 Å². The molecule has 0 saturated heterocycles. The molecule has 0 spiro atoms. The molecule has 4 aromatic rings. The summed E-state index contributed by atoms with van der Waals surface area (Å²) < 4.78 is 2.38. The van der Waals surface area contributed by atoms with Gasteiger partial charge in [0.05, 0.1) is 34.1 Å². The topological polar surface area (TPSA) is 86.9 Å². The van der Waals surface area contributed by atoms with E-state index in [2.05, 4.69) is 26.3 Å². The van der Waals surface area contributed by atoms with Crippen molar-refractivity contribution in [1.82, 2.24) is 14.9 Å². The van der Waals surface area contributed by atoms with Crippen LogP contribution < -0.4 is 10.7 Å². The van der Waals surface area contributed by atoms with Crippen molar-refractivity contribution < 1.29 is 10.2 Å². The minimum absolute atomic E-state index is 0.0463. The molecule has 0 atom stereocenters. The highest BCUT2D eigenvalue weighted by Gasteiger charge is 2.20. The van der Waals surface area contributed by atoms with E-state index in [1.54, 1.807) is 16.6 Å². The number of nitrogens with one attached hydrogen (secondary N) is 1. The predicted molar refractivity (Wildman–Crippen MR) is 95.8 cm³/mol. The monoisotopic (exact) mass is 387 g/mol. The Bertz CT molecular complexity index is 1120. The van der Waals surface area contributed by atoms with Gasteiger partial charge in [0.1, 0.15) is 5.75 Å². The second kappa shape index (κ2) is 5.70. The number of aromatic nitrogens is 2. The van der Waals surface area contributed by atoms with Crippen LogP contribution in [0.4, 0.5) is 0 Å². The van der Waals surface area contributed by atoms with E-state index in [-0.39, 0.29) is 23.2 Å². The molecule has 6 nitrogen and oxygen atoms in total. The average Bonchev–Trinajstić information content (AvgIpc) is 2.93. The van der Waals surface area contributed by atoms with E-state index in [0.29, 0.717) is 28.5 Å². The minimum atomic E-state index is -0.220. The number of phenolic OH excluding ortho intramolecular Hbond substituents is 1. The smallest absolute Gasteiger partial charge is 0.202 e. The third kappa shape index (κ3) is 2.09. The van der Waals surface area contributed by atoms with Gasteiger partial charge in [0.2, 0.25) is 5.43 Å². The van der Waals surface area contributed by atoms with E-state index in [4.69, 9.17) is 5.11 Å². The van der Waals surface area contributed by atoms with Gasteiger partial charge >= 0.3 is 0 Å². The molecule has 0 aliphatic heterocycles. The van der Waals surface area contributed by atoms with Crippen LogP contribution in [0.5, 0.6) is 5.75 Å². The number of aliphatic hydroxyl groups excluding tert-OH is 1. The zero-order valence-electron chi connectivity index (χ0n) is 12.6. The van der Waals surface area contributed by atoms with Crippen LogP contribution in [0.15, 0.2) is 39.6 Å². The van der Waals surface area contributed by atoms with Crippen LogP contribution in [0.2, 0.25) is 0 Å². The molecule has 0 aliphatic rings. The van der Waals surface area contributed by atoms with Gasteiger partial charge in [-0.15, -0.1) is 0 Å². The largest absolute Gasteiger partial charge is 0.507 e. The van der Waals surface area contributed by atoms with Gasteiger partial charge in [0.25, 0.3) is 0 Å². The first-order valence-corrected chi connectivity index (χ1v) is 8.31. The van der Waals surface area contributed by atoms with Crippen molar-refractivity contribution in [2.75, 3.05) is 13.2 Å². The van der Waals surface area contributed by atoms with Crippen molar-refractivity contribution in [1.29, 1.82) is 0 Å². The second-order valence-corrected chi connectivity index (χ2v) is 6.43. The zero-order chi connectivity index (χ0) is 16.8. The molecule has 2 heterocycles. The molecule has 24 heavy (non-hydrogen) atoms. The van der Waals surface area contributed by atoms with Crippen molar-refractivity contribution in [3.05, 3.63) is 50.7 Å². The molecule has 0 fully saturated rings. The van der Waals surface area contributed by atoms with Crippen LogP contribution >= 0.6 is 15.9 Å². The number of hydrogen-bond donors (Lipinski definition) is 3. The summed E-state index contributed by atoms with van der Waals surface area (Å²) in [6.45, 7) is 0.992. The Labute approximate surface area is 144 Å². The SMILES string of the molecule is O=c1c2c(O)cccc2n2nc(CNCCO)c3ccc(Br)c1c32. The van der Waals surface area contributed by atoms with Crippen LogP contribution in [0.1, 0.15) is 5.69 Å². The Kier molecular flexibility index (Phi) is 3.64. The molecule has 0 aliphatic carbocycles. The van der Waals surface area contributed by atoms with E-state index in [1.165, 1.54) is 6.07 Å². The maximum absolute atomic E-state index is 12.9. The number of pyridine rings is 1. The van der Waals surface area contributed by atoms with Gasteiger partial charge in [-0.05, 0) is 40.2 Å². The normalized spacial score (nSPS) is 11.9. The van der Waals surface area contributed by atoms with Crippen molar-refractivity contribution in [3.8, 4) is 5.75 Å².